The Hall–Kier alpha value is -1.99. The fraction of sp³-hybridized carbons (Fsp3) is 0.143. The van der Waals surface area contributed by atoms with Crippen LogP contribution in [0, 0.1) is 24.1 Å². The summed E-state index contributed by atoms with van der Waals surface area (Å²) in [4.78, 5) is 12.8. The first-order valence-electron chi connectivity index (χ1n) is 5.37. The van der Waals surface area contributed by atoms with E-state index in [9.17, 15) is 9.18 Å². The molecule has 0 bridgehead atoms. The van der Waals surface area contributed by atoms with Gasteiger partial charge in [-0.1, -0.05) is 12.1 Å². The molecule has 0 saturated carbocycles. The van der Waals surface area contributed by atoms with Crippen molar-refractivity contribution in [1.82, 2.24) is 0 Å². The van der Waals surface area contributed by atoms with Crippen molar-refractivity contribution >= 4 is 17.1 Å². The highest BCUT2D eigenvalue weighted by Gasteiger charge is 2.23. The summed E-state index contributed by atoms with van der Waals surface area (Å²) in [5.41, 5.74) is 1.39. The normalized spacial score (nSPS) is 11.8. The van der Waals surface area contributed by atoms with E-state index >= 15 is 0 Å². The molecule has 18 heavy (non-hydrogen) atoms. The van der Waals surface area contributed by atoms with E-state index in [0.717, 1.165) is 5.56 Å². The lowest BCUT2D eigenvalue weighted by molar-refractivity contribution is 0.0982. The molecule has 0 aliphatic heterocycles. The quantitative estimate of drug-likeness (QED) is 0.789. The molecule has 0 radical (unpaired) electrons. The van der Waals surface area contributed by atoms with Crippen molar-refractivity contribution in [3.8, 4) is 6.07 Å². The van der Waals surface area contributed by atoms with E-state index in [4.69, 9.17) is 5.26 Å². The van der Waals surface area contributed by atoms with E-state index in [1.165, 1.54) is 35.6 Å². The zero-order valence-corrected chi connectivity index (χ0v) is 10.5. The lowest BCUT2D eigenvalue weighted by Gasteiger charge is -2.07. The molecule has 2 rings (SSSR count). The van der Waals surface area contributed by atoms with Crippen LogP contribution in [0.3, 0.4) is 0 Å². The highest BCUT2D eigenvalue weighted by molar-refractivity contribution is 7.12. The van der Waals surface area contributed by atoms with Crippen molar-refractivity contribution in [3.05, 3.63) is 57.5 Å². The number of rotatable bonds is 3. The van der Waals surface area contributed by atoms with Gasteiger partial charge in [0.05, 0.1) is 10.9 Å². The number of thiophene rings is 1. The second kappa shape index (κ2) is 5.11. The topological polar surface area (TPSA) is 40.9 Å². The molecule has 0 aliphatic rings. The van der Waals surface area contributed by atoms with Crippen LogP contribution in [0.25, 0.3) is 0 Å². The van der Waals surface area contributed by atoms with Gasteiger partial charge in [0.25, 0.3) is 0 Å². The maximum absolute atomic E-state index is 12.8. The largest absolute Gasteiger partial charge is 0.291 e. The molecule has 1 atom stereocenters. The number of hydrogen-bond donors (Lipinski definition) is 0. The molecule has 2 aromatic rings. The Morgan fingerprint density at radius 3 is 2.50 bits per heavy atom. The molecule has 2 nitrogen and oxygen atoms in total. The lowest BCUT2D eigenvalue weighted by Crippen LogP contribution is -2.10. The van der Waals surface area contributed by atoms with E-state index in [1.807, 2.05) is 24.4 Å². The van der Waals surface area contributed by atoms with Gasteiger partial charge in [0.15, 0.2) is 5.78 Å². The number of nitriles is 1. The van der Waals surface area contributed by atoms with E-state index in [2.05, 4.69) is 0 Å². The Kier molecular flexibility index (Phi) is 3.54. The standard InChI is InChI=1S/C14H10FNOS/c1-9-6-7-18-14(9)13(17)12(8-16)10-2-4-11(15)5-3-10/h2-7,12H,1H3. The minimum absolute atomic E-state index is 0.225. The molecule has 1 heterocycles. The summed E-state index contributed by atoms with van der Waals surface area (Å²) < 4.78 is 12.8. The van der Waals surface area contributed by atoms with E-state index in [-0.39, 0.29) is 11.6 Å². The number of ketones is 1. The predicted molar refractivity (Wildman–Crippen MR) is 68.1 cm³/mol. The van der Waals surface area contributed by atoms with Gasteiger partial charge in [-0.15, -0.1) is 11.3 Å². The molecule has 0 spiro atoms. The molecule has 4 heteroatoms. The monoisotopic (exact) mass is 259 g/mol. The van der Waals surface area contributed by atoms with Gasteiger partial charge in [0.2, 0.25) is 0 Å². The Labute approximate surface area is 108 Å². The Morgan fingerprint density at radius 2 is 2.00 bits per heavy atom. The predicted octanol–water partition coefficient (Wildman–Crippen LogP) is 3.69. The molecule has 90 valence electrons. The first-order chi connectivity index (χ1) is 8.63. The summed E-state index contributed by atoms with van der Waals surface area (Å²) in [6.07, 6.45) is 0. The molecule has 0 fully saturated rings. The third-order valence-corrected chi connectivity index (χ3v) is 3.71. The highest BCUT2D eigenvalue weighted by atomic mass is 32.1. The fourth-order valence-electron chi connectivity index (χ4n) is 1.70. The second-order valence-electron chi connectivity index (χ2n) is 3.91. The molecular weight excluding hydrogens is 249 g/mol. The molecule has 1 aromatic heterocycles. The molecule has 0 amide bonds. The van der Waals surface area contributed by atoms with Gasteiger partial charge in [-0.05, 0) is 41.6 Å². The number of aryl methyl sites for hydroxylation is 1. The summed E-state index contributed by atoms with van der Waals surface area (Å²) >= 11 is 1.32. The summed E-state index contributed by atoms with van der Waals surface area (Å²) in [5.74, 6) is -1.48. The molecule has 1 unspecified atom stereocenters. The third kappa shape index (κ3) is 2.31. The zero-order chi connectivity index (χ0) is 13.1. The summed E-state index contributed by atoms with van der Waals surface area (Å²) in [5, 5.41) is 11.0. The van der Waals surface area contributed by atoms with Crippen molar-refractivity contribution in [2.75, 3.05) is 0 Å². The van der Waals surface area contributed by atoms with Crippen LogP contribution in [0.2, 0.25) is 0 Å². The first kappa shape index (κ1) is 12.5. The average molecular weight is 259 g/mol. The Morgan fingerprint density at radius 1 is 1.33 bits per heavy atom. The maximum Gasteiger partial charge on any atom is 0.194 e. The number of nitrogens with zero attached hydrogens (tertiary/aromatic N) is 1. The van der Waals surface area contributed by atoms with Crippen LogP contribution in [-0.4, -0.2) is 5.78 Å². The van der Waals surface area contributed by atoms with Gasteiger partial charge in [-0.2, -0.15) is 5.26 Å². The van der Waals surface area contributed by atoms with Gasteiger partial charge >= 0.3 is 0 Å². The fourth-order valence-corrected chi connectivity index (χ4v) is 2.59. The van der Waals surface area contributed by atoms with E-state index < -0.39 is 5.92 Å². The van der Waals surface area contributed by atoms with Crippen LogP contribution >= 0.6 is 11.3 Å². The summed E-state index contributed by atoms with van der Waals surface area (Å²) in [6, 6.07) is 9.30. The SMILES string of the molecule is Cc1ccsc1C(=O)C(C#N)c1ccc(F)cc1. The minimum Gasteiger partial charge on any atom is -0.291 e. The average Bonchev–Trinajstić information content (AvgIpc) is 2.78. The number of halogens is 1. The van der Waals surface area contributed by atoms with Crippen LogP contribution in [-0.2, 0) is 0 Å². The summed E-state index contributed by atoms with van der Waals surface area (Å²) in [6.45, 7) is 1.84. The van der Waals surface area contributed by atoms with E-state index in [0.29, 0.717) is 10.4 Å². The molecule has 0 N–H and O–H groups in total. The van der Waals surface area contributed by atoms with Crippen LogP contribution < -0.4 is 0 Å². The lowest BCUT2D eigenvalue weighted by atomic mass is 9.94. The number of hydrogen-bond acceptors (Lipinski definition) is 3. The minimum atomic E-state index is -0.872. The van der Waals surface area contributed by atoms with Crippen LogP contribution in [0.15, 0.2) is 35.7 Å². The van der Waals surface area contributed by atoms with Gasteiger partial charge in [0, 0.05) is 0 Å². The van der Waals surface area contributed by atoms with Crippen LogP contribution in [0.4, 0.5) is 4.39 Å². The van der Waals surface area contributed by atoms with Gasteiger partial charge in [-0.3, -0.25) is 4.79 Å². The Bertz CT molecular complexity index is 609. The zero-order valence-electron chi connectivity index (χ0n) is 9.68. The van der Waals surface area contributed by atoms with Crippen molar-refractivity contribution in [2.24, 2.45) is 0 Å². The smallest absolute Gasteiger partial charge is 0.194 e. The summed E-state index contributed by atoms with van der Waals surface area (Å²) in [7, 11) is 0. The van der Waals surface area contributed by atoms with E-state index in [1.54, 1.807) is 0 Å². The third-order valence-electron chi connectivity index (χ3n) is 2.68. The van der Waals surface area contributed by atoms with Gasteiger partial charge < -0.3 is 0 Å². The van der Waals surface area contributed by atoms with Crippen molar-refractivity contribution < 1.29 is 9.18 Å². The van der Waals surface area contributed by atoms with Crippen molar-refractivity contribution in [1.29, 1.82) is 5.26 Å². The van der Waals surface area contributed by atoms with Crippen molar-refractivity contribution in [3.63, 3.8) is 0 Å². The van der Waals surface area contributed by atoms with Gasteiger partial charge in [-0.25, -0.2) is 4.39 Å². The van der Waals surface area contributed by atoms with Crippen LogP contribution in [0.5, 0.6) is 0 Å². The second-order valence-corrected chi connectivity index (χ2v) is 4.83. The number of Topliss-reactive ketones (excluding diaryl/α,β-unsaturated/α-hetero) is 1. The first-order valence-corrected chi connectivity index (χ1v) is 6.25. The van der Waals surface area contributed by atoms with Crippen molar-refractivity contribution in [2.45, 2.75) is 12.8 Å². The van der Waals surface area contributed by atoms with Gasteiger partial charge in [0.1, 0.15) is 11.7 Å². The molecular formula is C14H10FNOS. The highest BCUT2D eigenvalue weighted by Crippen LogP contribution is 2.25. The number of benzene rings is 1. The molecule has 0 saturated heterocycles. The maximum atomic E-state index is 12.8. The molecule has 0 aliphatic carbocycles. The Balaban J connectivity index is 2.36. The number of carbonyl (C=O) groups excluding carboxylic acids is 1. The molecule has 1 aromatic carbocycles. The van der Waals surface area contributed by atoms with Crippen LogP contribution in [0.1, 0.15) is 26.7 Å². The number of carbonyl (C=O) groups is 1.